The third-order valence-corrected chi connectivity index (χ3v) is 1.89. The fraction of sp³-hybridized carbons (Fsp3) is 0.364. The Bertz CT molecular complexity index is 353. The van der Waals surface area contributed by atoms with Crippen LogP contribution in [0.4, 0.5) is 4.39 Å². The summed E-state index contributed by atoms with van der Waals surface area (Å²) in [6.45, 7) is 4.64. The molecule has 3 heteroatoms. The lowest BCUT2D eigenvalue weighted by atomic mass is 10.1. The first-order valence-corrected chi connectivity index (χ1v) is 4.55. The van der Waals surface area contributed by atoms with Crippen molar-refractivity contribution in [3.8, 4) is 6.07 Å². The van der Waals surface area contributed by atoms with Crippen molar-refractivity contribution in [3.05, 3.63) is 35.1 Å². The van der Waals surface area contributed by atoms with Crippen molar-refractivity contribution in [3.63, 3.8) is 0 Å². The minimum Gasteiger partial charge on any atom is -0.310 e. The Morgan fingerprint density at radius 3 is 2.79 bits per heavy atom. The van der Waals surface area contributed by atoms with Crippen molar-refractivity contribution in [1.82, 2.24) is 5.32 Å². The maximum atomic E-state index is 12.8. The monoisotopic (exact) mass is 192 g/mol. The molecular formula is C11H13FN2. The summed E-state index contributed by atoms with van der Waals surface area (Å²) in [4.78, 5) is 0. The van der Waals surface area contributed by atoms with Crippen molar-refractivity contribution in [2.75, 3.05) is 0 Å². The van der Waals surface area contributed by atoms with Gasteiger partial charge in [0, 0.05) is 12.6 Å². The van der Waals surface area contributed by atoms with Crippen LogP contribution in [0.3, 0.4) is 0 Å². The zero-order valence-corrected chi connectivity index (χ0v) is 8.34. The van der Waals surface area contributed by atoms with Crippen LogP contribution in [0.5, 0.6) is 0 Å². The predicted molar refractivity (Wildman–Crippen MR) is 53.1 cm³/mol. The number of benzene rings is 1. The molecule has 0 fully saturated rings. The highest BCUT2D eigenvalue weighted by Crippen LogP contribution is 2.10. The molecule has 0 bridgehead atoms. The second-order valence-electron chi connectivity index (χ2n) is 3.45. The molecule has 1 N–H and O–H groups in total. The SMILES string of the molecule is CC(C)NCc1ccc(F)cc1C#N. The summed E-state index contributed by atoms with van der Waals surface area (Å²) in [5, 5.41) is 11.9. The topological polar surface area (TPSA) is 35.8 Å². The van der Waals surface area contributed by atoms with Gasteiger partial charge in [-0.05, 0) is 17.7 Å². The Balaban J connectivity index is 2.82. The summed E-state index contributed by atoms with van der Waals surface area (Å²) in [6.07, 6.45) is 0. The minimum absolute atomic E-state index is 0.353. The van der Waals surface area contributed by atoms with Crippen LogP contribution >= 0.6 is 0 Å². The van der Waals surface area contributed by atoms with Crippen LogP contribution in [-0.4, -0.2) is 6.04 Å². The predicted octanol–water partition coefficient (Wildman–Crippen LogP) is 2.20. The average Bonchev–Trinajstić information content (AvgIpc) is 2.15. The number of nitrogens with one attached hydrogen (secondary N) is 1. The first-order chi connectivity index (χ1) is 6.63. The van der Waals surface area contributed by atoms with Gasteiger partial charge in [0.1, 0.15) is 5.82 Å². The molecule has 0 radical (unpaired) electrons. The van der Waals surface area contributed by atoms with Crippen LogP contribution in [0.15, 0.2) is 18.2 Å². The first-order valence-electron chi connectivity index (χ1n) is 4.55. The minimum atomic E-state index is -0.366. The largest absolute Gasteiger partial charge is 0.310 e. The molecular weight excluding hydrogens is 179 g/mol. The van der Waals surface area contributed by atoms with Gasteiger partial charge in [0.25, 0.3) is 0 Å². The van der Waals surface area contributed by atoms with Crippen molar-refractivity contribution in [2.24, 2.45) is 0 Å². The van der Waals surface area contributed by atoms with Gasteiger partial charge in [-0.2, -0.15) is 5.26 Å². The number of hydrogen-bond donors (Lipinski definition) is 1. The van der Waals surface area contributed by atoms with Gasteiger partial charge < -0.3 is 5.32 Å². The highest BCUT2D eigenvalue weighted by molar-refractivity contribution is 5.37. The maximum Gasteiger partial charge on any atom is 0.124 e. The fourth-order valence-corrected chi connectivity index (χ4v) is 1.12. The summed E-state index contributed by atoms with van der Waals surface area (Å²) in [5.74, 6) is -0.366. The van der Waals surface area contributed by atoms with Gasteiger partial charge in [-0.25, -0.2) is 4.39 Å². The van der Waals surface area contributed by atoms with E-state index in [-0.39, 0.29) is 5.82 Å². The van der Waals surface area contributed by atoms with E-state index in [2.05, 4.69) is 5.32 Å². The van der Waals surface area contributed by atoms with E-state index in [0.717, 1.165) is 5.56 Å². The summed E-state index contributed by atoms with van der Waals surface area (Å²) in [5.41, 5.74) is 1.24. The Morgan fingerprint density at radius 2 is 2.21 bits per heavy atom. The molecule has 1 rings (SSSR count). The van der Waals surface area contributed by atoms with E-state index in [1.807, 2.05) is 19.9 Å². The van der Waals surface area contributed by atoms with E-state index in [0.29, 0.717) is 18.2 Å². The van der Waals surface area contributed by atoms with E-state index in [1.165, 1.54) is 12.1 Å². The Kier molecular flexibility index (Phi) is 3.61. The normalized spacial score (nSPS) is 10.2. The lowest BCUT2D eigenvalue weighted by molar-refractivity contribution is 0.585. The number of halogens is 1. The zero-order chi connectivity index (χ0) is 10.6. The maximum absolute atomic E-state index is 12.8. The molecule has 0 spiro atoms. The first kappa shape index (κ1) is 10.7. The molecule has 0 heterocycles. The van der Waals surface area contributed by atoms with Gasteiger partial charge in [0.2, 0.25) is 0 Å². The zero-order valence-electron chi connectivity index (χ0n) is 8.34. The molecule has 0 atom stereocenters. The quantitative estimate of drug-likeness (QED) is 0.796. The van der Waals surface area contributed by atoms with Crippen molar-refractivity contribution in [2.45, 2.75) is 26.4 Å². The standard InChI is InChI=1S/C11H13FN2/c1-8(2)14-7-9-3-4-11(12)5-10(9)6-13/h3-5,8,14H,7H2,1-2H3. The molecule has 74 valence electrons. The lowest BCUT2D eigenvalue weighted by Crippen LogP contribution is -2.22. The molecule has 0 unspecified atom stereocenters. The van der Waals surface area contributed by atoms with E-state index in [1.54, 1.807) is 6.07 Å². The van der Waals surface area contributed by atoms with E-state index in [4.69, 9.17) is 5.26 Å². The second kappa shape index (κ2) is 4.73. The molecule has 2 nitrogen and oxygen atoms in total. The van der Waals surface area contributed by atoms with Crippen molar-refractivity contribution >= 4 is 0 Å². The molecule has 1 aromatic carbocycles. The Hall–Kier alpha value is -1.40. The van der Waals surface area contributed by atoms with E-state index >= 15 is 0 Å². The molecule has 0 aromatic heterocycles. The van der Waals surface area contributed by atoms with Crippen molar-refractivity contribution < 1.29 is 4.39 Å². The molecule has 0 saturated carbocycles. The van der Waals surface area contributed by atoms with Gasteiger partial charge >= 0.3 is 0 Å². The third-order valence-electron chi connectivity index (χ3n) is 1.89. The van der Waals surface area contributed by atoms with Gasteiger partial charge in [-0.3, -0.25) is 0 Å². The van der Waals surface area contributed by atoms with Crippen LogP contribution in [0.1, 0.15) is 25.0 Å². The van der Waals surface area contributed by atoms with Crippen LogP contribution in [0, 0.1) is 17.1 Å². The molecule has 0 aliphatic carbocycles. The molecule has 0 aliphatic rings. The average molecular weight is 192 g/mol. The molecule has 0 saturated heterocycles. The van der Waals surface area contributed by atoms with Gasteiger partial charge in [0.15, 0.2) is 0 Å². The summed E-state index contributed by atoms with van der Waals surface area (Å²) in [7, 11) is 0. The van der Waals surface area contributed by atoms with Crippen LogP contribution in [0.25, 0.3) is 0 Å². The number of rotatable bonds is 3. The van der Waals surface area contributed by atoms with Gasteiger partial charge in [0.05, 0.1) is 11.6 Å². The highest BCUT2D eigenvalue weighted by Gasteiger charge is 2.03. The summed E-state index contributed by atoms with van der Waals surface area (Å²) in [6, 6.07) is 6.61. The smallest absolute Gasteiger partial charge is 0.124 e. The number of nitrogens with zero attached hydrogens (tertiary/aromatic N) is 1. The fourth-order valence-electron chi connectivity index (χ4n) is 1.12. The summed E-state index contributed by atoms with van der Waals surface area (Å²) < 4.78 is 12.8. The van der Waals surface area contributed by atoms with E-state index < -0.39 is 0 Å². The molecule has 14 heavy (non-hydrogen) atoms. The third kappa shape index (κ3) is 2.82. The second-order valence-corrected chi connectivity index (χ2v) is 3.45. The van der Waals surface area contributed by atoms with Crippen LogP contribution < -0.4 is 5.32 Å². The highest BCUT2D eigenvalue weighted by atomic mass is 19.1. The van der Waals surface area contributed by atoms with E-state index in [9.17, 15) is 4.39 Å². The van der Waals surface area contributed by atoms with Gasteiger partial charge in [-0.15, -0.1) is 0 Å². The lowest BCUT2D eigenvalue weighted by Gasteiger charge is -2.09. The Morgan fingerprint density at radius 1 is 1.50 bits per heavy atom. The number of hydrogen-bond acceptors (Lipinski definition) is 2. The molecule has 0 aliphatic heterocycles. The number of nitriles is 1. The molecule has 1 aromatic rings. The van der Waals surface area contributed by atoms with Crippen LogP contribution in [-0.2, 0) is 6.54 Å². The van der Waals surface area contributed by atoms with Gasteiger partial charge in [-0.1, -0.05) is 19.9 Å². The molecule has 0 amide bonds. The summed E-state index contributed by atoms with van der Waals surface area (Å²) >= 11 is 0. The van der Waals surface area contributed by atoms with Crippen LogP contribution in [0.2, 0.25) is 0 Å². The van der Waals surface area contributed by atoms with Crippen molar-refractivity contribution in [1.29, 1.82) is 5.26 Å². The Labute approximate surface area is 83.4 Å².